The molecule has 1 heterocycles. The highest BCUT2D eigenvalue weighted by molar-refractivity contribution is 5.63. The third-order valence-corrected chi connectivity index (χ3v) is 2.80. The molecular formula is C12H18N2O2. The summed E-state index contributed by atoms with van der Waals surface area (Å²) in [4.78, 5) is 0. The smallest absolute Gasteiger partial charge is 0.142 e. The summed E-state index contributed by atoms with van der Waals surface area (Å²) in [6.07, 6.45) is 2.05. The van der Waals surface area contributed by atoms with Crippen molar-refractivity contribution in [3.05, 3.63) is 18.2 Å². The summed E-state index contributed by atoms with van der Waals surface area (Å²) in [6, 6.07) is 6.09. The molecule has 1 aliphatic rings. The molecule has 2 rings (SSSR count). The van der Waals surface area contributed by atoms with Gasteiger partial charge in [-0.15, -0.1) is 0 Å². The van der Waals surface area contributed by atoms with E-state index in [0.717, 1.165) is 43.2 Å². The molecule has 0 radical (unpaired) electrons. The maximum atomic E-state index is 5.77. The summed E-state index contributed by atoms with van der Waals surface area (Å²) in [5.74, 6) is 0.834. The lowest BCUT2D eigenvalue weighted by atomic mass is 10.1. The van der Waals surface area contributed by atoms with Crippen LogP contribution in [0.2, 0.25) is 0 Å². The monoisotopic (exact) mass is 222 g/mol. The van der Waals surface area contributed by atoms with Crippen LogP contribution in [0.4, 0.5) is 11.4 Å². The summed E-state index contributed by atoms with van der Waals surface area (Å²) in [7, 11) is 1.67. The zero-order valence-corrected chi connectivity index (χ0v) is 9.53. The Labute approximate surface area is 95.7 Å². The molecule has 1 aromatic carbocycles. The number of ether oxygens (including phenoxy) is 2. The standard InChI is InChI=1S/C12H18N2O2/c1-15-12-3-2-9(13)8-11(12)14-10-4-6-16-7-5-10/h2-3,8,10,14H,4-7,13H2,1H3. The Hall–Kier alpha value is -1.42. The highest BCUT2D eigenvalue weighted by Gasteiger charge is 2.15. The quantitative estimate of drug-likeness (QED) is 0.766. The molecule has 0 unspecified atom stereocenters. The molecule has 0 saturated carbocycles. The second kappa shape index (κ2) is 5.07. The van der Waals surface area contributed by atoms with Gasteiger partial charge in [-0.1, -0.05) is 0 Å². The SMILES string of the molecule is COc1ccc(N)cc1NC1CCOCC1. The van der Waals surface area contributed by atoms with Crippen molar-refractivity contribution in [1.82, 2.24) is 0 Å². The Bertz CT molecular complexity index is 349. The van der Waals surface area contributed by atoms with E-state index in [-0.39, 0.29) is 0 Å². The molecule has 0 amide bonds. The molecule has 3 N–H and O–H groups in total. The highest BCUT2D eigenvalue weighted by Crippen LogP contribution is 2.28. The molecule has 4 nitrogen and oxygen atoms in total. The van der Waals surface area contributed by atoms with Gasteiger partial charge in [0.25, 0.3) is 0 Å². The maximum Gasteiger partial charge on any atom is 0.142 e. The van der Waals surface area contributed by atoms with Crippen LogP contribution in [0.1, 0.15) is 12.8 Å². The predicted molar refractivity (Wildman–Crippen MR) is 64.9 cm³/mol. The van der Waals surface area contributed by atoms with Crippen LogP contribution in [0.5, 0.6) is 5.75 Å². The van der Waals surface area contributed by atoms with Crippen molar-refractivity contribution in [3.63, 3.8) is 0 Å². The normalized spacial score (nSPS) is 17.1. The number of nitrogens with two attached hydrogens (primary N) is 1. The zero-order chi connectivity index (χ0) is 11.4. The first-order chi connectivity index (χ1) is 7.79. The van der Waals surface area contributed by atoms with E-state index in [4.69, 9.17) is 15.2 Å². The summed E-state index contributed by atoms with van der Waals surface area (Å²) in [6.45, 7) is 1.64. The van der Waals surface area contributed by atoms with Crippen molar-refractivity contribution in [2.24, 2.45) is 0 Å². The van der Waals surface area contributed by atoms with Gasteiger partial charge in [0.1, 0.15) is 5.75 Å². The van der Waals surface area contributed by atoms with Gasteiger partial charge in [0.05, 0.1) is 12.8 Å². The lowest BCUT2D eigenvalue weighted by Gasteiger charge is -2.25. The minimum absolute atomic E-state index is 0.449. The molecule has 1 fully saturated rings. The molecule has 4 heteroatoms. The number of anilines is 2. The molecule has 0 atom stereocenters. The number of methoxy groups -OCH3 is 1. The van der Waals surface area contributed by atoms with Crippen LogP contribution in [-0.2, 0) is 4.74 Å². The number of nitrogen functional groups attached to an aromatic ring is 1. The molecule has 1 aromatic rings. The third kappa shape index (κ3) is 2.58. The molecule has 88 valence electrons. The molecule has 1 aliphatic heterocycles. The molecule has 0 spiro atoms. The van der Waals surface area contributed by atoms with E-state index in [9.17, 15) is 0 Å². The molecular weight excluding hydrogens is 204 g/mol. The fourth-order valence-corrected chi connectivity index (χ4v) is 1.90. The predicted octanol–water partition coefficient (Wildman–Crippen LogP) is 1.87. The van der Waals surface area contributed by atoms with Gasteiger partial charge in [0, 0.05) is 24.9 Å². The Morgan fingerprint density at radius 2 is 2.12 bits per heavy atom. The number of hydrogen-bond acceptors (Lipinski definition) is 4. The van der Waals surface area contributed by atoms with Crippen molar-refractivity contribution in [1.29, 1.82) is 0 Å². The number of rotatable bonds is 3. The largest absolute Gasteiger partial charge is 0.495 e. The van der Waals surface area contributed by atoms with E-state index in [0.29, 0.717) is 6.04 Å². The molecule has 0 aromatic heterocycles. The highest BCUT2D eigenvalue weighted by atomic mass is 16.5. The van der Waals surface area contributed by atoms with Crippen LogP contribution < -0.4 is 15.8 Å². The molecule has 16 heavy (non-hydrogen) atoms. The first-order valence-corrected chi connectivity index (χ1v) is 5.57. The van der Waals surface area contributed by atoms with E-state index in [1.54, 1.807) is 7.11 Å². The van der Waals surface area contributed by atoms with Gasteiger partial charge in [0.15, 0.2) is 0 Å². The van der Waals surface area contributed by atoms with E-state index in [1.165, 1.54) is 0 Å². The van der Waals surface area contributed by atoms with Gasteiger partial charge in [-0.25, -0.2) is 0 Å². The van der Waals surface area contributed by atoms with Crippen molar-refractivity contribution >= 4 is 11.4 Å². The summed E-state index contributed by atoms with van der Waals surface area (Å²) < 4.78 is 10.6. The summed E-state index contributed by atoms with van der Waals surface area (Å²) >= 11 is 0. The van der Waals surface area contributed by atoms with E-state index >= 15 is 0 Å². The van der Waals surface area contributed by atoms with Crippen LogP contribution in [-0.4, -0.2) is 26.4 Å². The van der Waals surface area contributed by atoms with Gasteiger partial charge in [-0.05, 0) is 31.0 Å². The van der Waals surface area contributed by atoms with Gasteiger partial charge >= 0.3 is 0 Å². The second-order valence-electron chi connectivity index (χ2n) is 3.99. The topological polar surface area (TPSA) is 56.5 Å². The third-order valence-electron chi connectivity index (χ3n) is 2.80. The van der Waals surface area contributed by atoms with Crippen LogP contribution in [0.25, 0.3) is 0 Å². The lowest BCUT2D eigenvalue weighted by molar-refractivity contribution is 0.0904. The van der Waals surface area contributed by atoms with Crippen molar-refractivity contribution in [3.8, 4) is 5.75 Å². The molecule has 1 saturated heterocycles. The first-order valence-electron chi connectivity index (χ1n) is 5.57. The number of benzene rings is 1. The van der Waals surface area contributed by atoms with Crippen LogP contribution in [0.15, 0.2) is 18.2 Å². The van der Waals surface area contributed by atoms with Crippen molar-refractivity contribution < 1.29 is 9.47 Å². The van der Waals surface area contributed by atoms with Gasteiger partial charge in [-0.2, -0.15) is 0 Å². The Morgan fingerprint density at radius 1 is 1.38 bits per heavy atom. The van der Waals surface area contributed by atoms with Crippen molar-refractivity contribution in [2.45, 2.75) is 18.9 Å². The first kappa shape index (κ1) is 11.1. The Balaban J connectivity index is 2.09. The minimum Gasteiger partial charge on any atom is -0.495 e. The Morgan fingerprint density at radius 3 is 2.81 bits per heavy atom. The van der Waals surface area contributed by atoms with Crippen LogP contribution in [0, 0.1) is 0 Å². The van der Waals surface area contributed by atoms with E-state index < -0.39 is 0 Å². The van der Waals surface area contributed by atoms with E-state index in [1.807, 2.05) is 18.2 Å². The summed E-state index contributed by atoms with van der Waals surface area (Å²) in [5, 5.41) is 3.46. The fraction of sp³-hybridized carbons (Fsp3) is 0.500. The van der Waals surface area contributed by atoms with Gasteiger partial charge in [-0.3, -0.25) is 0 Å². The lowest BCUT2D eigenvalue weighted by Crippen LogP contribution is -2.28. The second-order valence-corrected chi connectivity index (χ2v) is 3.99. The zero-order valence-electron chi connectivity index (χ0n) is 9.53. The van der Waals surface area contributed by atoms with Gasteiger partial charge < -0.3 is 20.5 Å². The van der Waals surface area contributed by atoms with Crippen LogP contribution in [0.3, 0.4) is 0 Å². The summed E-state index contributed by atoms with van der Waals surface area (Å²) in [5.41, 5.74) is 7.48. The average Bonchev–Trinajstić information content (AvgIpc) is 2.31. The van der Waals surface area contributed by atoms with Gasteiger partial charge in [0.2, 0.25) is 0 Å². The van der Waals surface area contributed by atoms with Crippen molar-refractivity contribution in [2.75, 3.05) is 31.4 Å². The maximum absolute atomic E-state index is 5.77. The number of hydrogen-bond donors (Lipinski definition) is 2. The average molecular weight is 222 g/mol. The number of nitrogens with one attached hydrogen (secondary N) is 1. The fourth-order valence-electron chi connectivity index (χ4n) is 1.90. The van der Waals surface area contributed by atoms with E-state index in [2.05, 4.69) is 5.32 Å². The minimum atomic E-state index is 0.449. The van der Waals surface area contributed by atoms with Crippen LogP contribution >= 0.6 is 0 Å². The Kier molecular flexibility index (Phi) is 3.51. The molecule has 0 bridgehead atoms. The molecule has 0 aliphatic carbocycles.